The monoisotopic (exact) mass is 1460 g/mol. The van der Waals surface area contributed by atoms with Crippen molar-refractivity contribution in [3.63, 3.8) is 0 Å². The zero-order valence-electron chi connectivity index (χ0n) is 61.3. The highest BCUT2D eigenvalue weighted by Gasteiger charge is 2.47. The molecule has 0 aromatic heterocycles. The molecule has 1 aromatic rings. The van der Waals surface area contributed by atoms with Gasteiger partial charge in [-0.25, -0.2) is 0 Å². The molecule has 20 N–H and O–H groups in total. The molecule has 34 heteroatoms. The third kappa shape index (κ3) is 27.6. The Morgan fingerprint density at radius 3 is 1.63 bits per heavy atom. The fraction of sp³-hybridized carbons (Fsp3) is 0.710. The Labute approximate surface area is 601 Å². The van der Waals surface area contributed by atoms with E-state index in [9.17, 15) is 97.8 Å². The normalized spacial score (nSPS) is 27.4. The highest BCUT2D eigenvalue weighted by molar-refractivity contribution is 6.01. The number of aliphatic hydroxyl groups excluding tert-OH is 6. The number of fused-ring (bicyclic) bond motifs is 1. The van der Waals surface area contributed by atoms with E-state index in [-0.39, 0.29) is 25.7 Å². The molecule has 0 radical (unpaired) electrons. The van der Waals surface area contributed by atoms with Gasteiger partial charge in [0.1, 0.15) is 66.5 Å². The van der Waals surface area contributed by atoms with Crippen molar-refractivity contribution in [3.8, 4) is 0 Å². The number of unbranched alkanes of at least 4 members (excludes halogenated alkanes) is 4. The number of nitrogens with zero attached hydrogens (tertiary/aromatic N) is 2. The van der Waals surface area contributed by atoms with E-state index in [0.717, 1.165) is 43.0 Å². The number of amides is 14. The number of likely N-dealkylation sites (N-methyl/N-ethyl adjacent to an activating group) is 1. The first-order valence-corrected chi connectivity index (χ1v) is 35.5. The standard InChI is InChI=1S/C69H114N14O20/c1-13-15-16-17-21-24-41-31-49(89)77-50(35(5)6)63(97)80-53(56(90)36(7)8)65(99)73-43(27-28-84)59(93)75-45(29-34(3)4)60(94)74-44(25-26-48(70)88)68(102)82(12)55(37(9)14-2)67(101)81-54(57(91)58(71)92)66(100)79-52(39(11)86)69(103)83-33-42(87)32-47(83)62(96)76-46(30-40-22-19-18-20-23-40)61(95)78-51(38(10)85)64(98)72-41/h18-20,22-23,34-39,41-47,50-57,84-87,90-91H,13-17,21,24-33H2,1-12H3,(H2,70,88)(H2,71,92)(H,72,98)(H,73,99)(H,74,94)(H,75,93)(H,76,96)(H,77,89)(H,78,95)(H,79,100)(H,80,97)(H,81,101)/t37-,38+,39+,41+,42+,43-,44-,45+,46+,47-,50-,51-,52-,53-,54-,55-,56+,57-/m0/s1. The van der Waals surface area contributed by atoms with E-state index in [1.54, 1.807) is 65.0 Å². The van der Waals surface area contributed by atoms with Crippen molar-refractivity contribution >= 4 is 82.7 Å². The van der Waals surface area contributed by atoms with Gasteiger partial charge in [-0.15, -0.1) is 0 Å². The second-order valence-electron chi connectivity index (χ2n) is 28.2. The molecule has 103 heavy (non-hydrogen) atoms. The molecule has 3 rings (SSSR count). The van der Waals surface area contributed by atoms with E-state index in [0.29, 0.717) is 18.4 Å². The Morgan fingerprint density at radius 1 is 0.553 bits per heavy atom. The first kappa shape index (κ1) is 88.8. The molecule has 2 heterocycles. The van der Waals surface area contributed by atoms with Gasteiger partial charge in [0.15, 0.2) is 6.10 Å². The molecule has 2 saturated heterocycles. The molecular formula is C69H114N14O20. The zero-order valence-corrected chi connectivity index (χ0v) is 61.3. The van der Waals surface area contributed by atoms with E-state index < -0.39 is 255 Å². The molecule has 2 fully saturated rings. The van der Waals surface area contributed by atoms with Gasteiger partial charge >= 0.3 is 0 Å². The lowest BCUT2D eigenvalue weighted by molar-refractivity contribution is -0.148. The summed E-state index contributed by atoms with van der Waals surface area (Å²) in [5, 5.41) is 91.5. The summed E-state index contributed by atoms with van der Waals surface area (Å²) in [5.74, 6) is -18.4. The molecule has 580 valence electrons. The Hall–Kier alpha value is -8.44. The molecule has 0 unspecified atom stereocenters. The summed E-state index contributed by atoms with van der Waals surface area (Å²) in [4.78, 5) is 201. The van der Waals surface area contributed by atoms with Crippen LogP contribution < -0.4 is 64.6 Å². The number of hydrogen-bond donors (Lipinski definition) is 18. The topological polar surface area (TPSA) is 539 Å². The van der Waals surface area contributed by atoms with Gasteiger partial charge in [0.25, 0.3) is 0 Å². The maximum atomic E-state index is 14.8. The van der Waals surface area contributed by atoms with Crippen molar-refractivity contribution in [3.05, 3.63) is 35.9 Å². The number of carbonyl (C=O) groups is 14. The summed E-state index contributed by atoms with van der Waals surface area (Å²) in [6.07, 6.45) is -8.22. The van der Waals surface area contributed by atoms with Gasteiger partial charge in [0.05, 0.1) is 24.4 Å². The number of rotatable bonds is 24. The van der Waals surface area contributed by atoms with Gasteiger partial charge in [-0.05, 0) is 68.8 Å². The first-order chi connectivity index (χ1) is 48.3. The Balaban J connectivity index is 2.35. The van der Waals surface area contributed by atoms with Crippen molar-refractivity contribution in [1.29, 1.82) is 0 Å². The molecule has 0 spiro atoms. The zero-order chi connectivity index (χ0) is 77.9. The van der Waals surface area contributed by atoms with Crippen molar-refractivity contribution in [2.45, 2.75) is 269 Å². The third-order valence-corrected chi connectivity index (χ3v) is 18.3. The average Bonchev–Trinajstić information content (AvgIpc) is 1.75. The van der Waals surface area contributed by atoms with Gasteiger partial charge in [-0.1, -0.05) is 131 Å². The maximum Gasteiger partial charge on any atom is 0.248 e. The second-order valence-corrected chi connectivity index (χ2v) is 28.2. The largest absolute Gasteiger partial charge is 0.396 e. The Kier molecular flexibility index (Phi) is 37.0. The minimum absolute atomic E-state index is 0.101. The van der Waals surface area contributed by atoms with Crippen molar-refractivity contribution < 1.29 is 97.8 Å². The Bertz CT molecular complexity index is 3050. The van der Waals surface area contributed by atoms with Crippen LogP contribution in [0.3, 0.4) is 0 Å². The molecule has 0 aliphatic carbocycles. The predicted molar refractivity (Wildman–Crippen MR) is 373 cm³/mol. The highest BCUT2D eigenvalue weighted by atomic mass is 16.3. The third-order valence-electron chi connectivity index (χ3n) is 18.3. The molecule has 2 aliphatic heterocycles. The Morgan fingerprint density at radius 2 is 1.08 bits per heavy atom. The number of aliphatic hydroxyl groups is 6. The minimum atomic E-state index is -2.60. The van der Waals surface area contributed by atoms with Gasteiger partial charge in [0, 0.05) is 51.9 Å². The summed E-state index contributed by atoms with van der Waals surface area (Å²) in [5.41, 5.74) is 11.5. The number of nitrogens with two attached hydrogens (primary N) is 2. The molecule has 0 bridgehead atoms. The van der Waals surface area contributed by atoms with Crippen molar-refractivity contribution in [2.24, 2.45) is 35.1 Å². The summed E-state index contributed by atoms with van der Waals surface area (Å²) < 4.78 is 0. The second kappa shape index (κ2) is 43.0. The van der Waals surface area contributed by atoms with E-state index in [4.69, 9.17) is 11.5 Å². The SMILES string of the molecule is CCCCCCC[C@@H]1CC(=O)N[C@@H](C(C)C)C(=O)N[C@@H]([C@H](O)C(C)C)C(=O)N[C@@H](CCO)C(=O)N[C@H](CC(C)C)C(=O)N[C@@H](CCC(N)=O)C(=O)N(C)[C@@H]([C@@H](C)CC)C(=O)N[C@@H]([C@H](O)C(N)=O)C(=O)N[C@@H]([C@@H](C)O)C(=O)N2C[C@H](O)C[C@H]2C(=O)N[C@H](Cc2ccccc2)C(=O)N[C@@H]([C@@H](C)O)C(=O)N1. The fourth-order valence-electron chi connectivity index (χ4n) is 12.1. The number of hydrogen-bond acceptors (Lipinski definition) is 20. The van der Waals surface area contributed by atoms with Crippen LogP contribution in [-0.4, -0.2) is 246 Å². The first-order valence-electron chi connectivity index (χ1n) is 35.5. The lowest BCUT2D eigenvalue weighted by Crippen LogP contribution is -2.65. The van der Waals surface area contributed by atoms with Crippen LogP contribution >= 0.6 is 0 Å². The number of carbonyl (C=O) groups excluding carboxylic acids is 14. The van der Waals surface area contributed by atoms with Crippen LogP contribution in [0.4, 0.5) is 0 Å². The molecule has 34 nitrogen and oxygen atoms in total. The van der Waals surface area contributed by atoms with Gasteiger partial charge in [0.2, 0.25) is 82.7 Å². The molecule has 14 amide bonds. The molecule has 18 atom stereocenters. The van der Waals surface area contributed by atoms with Crippen molar-refractivity contribution in [1.82, 2.24) is 63.0 Å². The van der Waals surface area contributed by atoms with E-state index >= 15 is 0 Å². The lowest BCUT2D eigenvalue weighted by Gasteiger charge is -2.36. The van der Waals surface area contributed by atoms with E-state index in [1.165, 1.54) is 27.7 Å². The lowest BCUT2D eigenvalue weighted by atomic mass is 9.95. The van der Waals surface area contributed by atoms with Crippen LogP contribution in [0, 0.1) is 23.7 Å². The average molecular weight is 1460 g/mol. The van der Waals surface area contributed by atoms with Crippen LogP contribution in [0.15, 0.2) is 30.3 Å². The fourth-order valence-corrected chi connectivity index (χ4v) is 12.1. The summed E-state index contributed by atoms with van der Waals surface area (Å²) in [6, 6.07) is -12.4. The van der Waals surface area contributed by atoms with Crippen LogP contribution in [0.5, 0.6) is 0 Å². The van der Waals surface area contributed by atoms with Crippen LogP contribution in [-0.2, 0) is 73.5 Å². The van der Waals surface area contributed by atoms with Gasteiger partial charge in [-0.2, -0.15) is 0 Å². The van der Waals surface area contributed by atoms with Crippen LogP contribution in [0.1, 0.15) is 165 Å². The number of primary amides is 2. The van der Waals surface area contributed by atoms with Crippen LogP contribution in [0.25, 0.3) is 0 Å². The van der Waals surface area contributed by atoms with Crippen LogP contribution in [0.2, 0.25) is 0 Å². The minimum Gasteiger partial charge on any atom is -0.396 e. The maximum absolute atomic E-state index is 14.8. The molecule has 2 aliphatic rings. The summed E-state index contributed by atoms with van der Waals surface area (Å²) >= 11 is 0. The predicted octanol–water partition coefficient (Wildman–Crippen LogP) is -4.35. The van der Waals surface area contributed by atoms with Gasteiger partial charge < -0.3 is 105 Å². The molecule has 1 aromatic carbocycles. The van der Waals surface area contributed by atoms with Crippen molar-refractivity contribution in [2.75, 3.05) is 20.2 Å². The van der Waals surface area contributed by atoms with E-state index in [1.807, 2.05) is 6.92 Å². The smallest absolute Gasteiger partial charge is 0.248 e. The number of benzene rings is 1. The quantitative estimate of drug-likeness (QED) is 0.0435. The van der Waals surface area contributed by atoms with E-state index in [2.05, 4.69) is 53.2 Å². The summed E-state index contributed by atoms with van der Waals surface area (Å²) in [7, 11) is 1.12. The van der Waals surface area contributed by atoms with Gasteiger partial charge in [-0.3, -0.25) is 67.1 Å². The number of nitrogens with one attached hydrogen (secondary N) is 10. The highest BCUT2D eigenvalue weighted by Crippen LogP contribution is 2.23. The molecular weight excluding hydrogens is 1340 g/mol. The molecule has 0 saturated carbocycles. The summed E-state index contributed by atoms with van der Waals surface area (Å²) in [6.45, 7) is 15.6.